The summed E-state index contributed by atoms with van der Waals surface area (Å²) in [4.78, 5) is 81.3. The average molecular weight is 710 g/mol. The van der Waals surface area contributed by atoms with Gasteiger partial charge in [-0.15, -0.1) is 5.06 Å². The fraction of sp³-hybridized carbons (Fsp3) is 0.571. The van der Waals surface area contributed by atoms with Crippen molar-refractivity contribution in [1.29, 1.82) is 0 Å². The molecule has 5 rings (SSSR count). The van der Waals surface area contributed by atoms with Gasteiger partial charge in [0.25, 0.3) is 5.91 Å². The highest BCUT2D eigenvalue weighted by Gasteiger charge is 2.57. The maximum absolute atomic E-state index is 13.8. The zero-order valence-corrected chi connectivity index (χ0v) is 29.5. The smallest absolute Gasteiger partial charge is 0.481 e. The summed E-state index contributed by atoms with van der Waals surface area (Å²) in [6.45, 7) is 9.69. The number of amides is 3. The molecule has 0 radical (unpaired) electrons. The zero-order valence-electron chi connectivity index (χ0n) is 29.5. The molecule has 2 saturated heterocycles. The van der Waals surface area contributed by atoms with E-state index in [-0.39, 0.29) is 69.2 Å². The number of carbonyl (C=O) groups is 5. The van der Waals surface area contributed by atoms with Crippen LogP contribution < -0.4 is 15.5 Å². The van der Waals surface area contributed by atoms with Crippen molar-refractivity contribution in [1.82, 2.24) is 30.6 Å². The fourth-order valence-corrected chi connectivity index (χ4v) is 6.21. The number of alkyl carbamates (subject to hydrolysis) is 1. The van der Waals surface area contributed by atoms with Crippen molar-refractivity contribution in [3.05, 3.63) is 42.1 Å². The van der Waals surface area contributed by atoms with Gasteiger partial charge in [0.2, 0.25) is 5.91 Å². The molecule has 4 atom stereocenters. The Balaban J connectivity index is 1.26. The van der Waals surface area contributed by atoms with Crippen LogP contribution in [-0.2, 0) is 23.9 Å². The molecule has 51 heavy (non-hydrogen) atoms. The first-order valence-corrected chi connectivity index (χ1v) is 17.4. The third-order valence-corrected chi connectivity index (χ3v) is 8.90. The van der Waals surface area contributed by atoms with Crippen LogP contribution in [0.4, 0.5) is 15.4 Å². The summed E-state index contributed by atoms with van der Waals surface area (Å²) in [5, 5.41) is 16.5. The first-order chi connectivity index (χ1) is 24.3. The number of unbranched alkanes of at least 4 members (excludes halogenated alkanes) is 1. The molecule has 1 aromatic carbocycles. The number of hydrogen-bond donors (Lipinski definition) is 3. The molecule has 1 aliphatic carbocycles. The average Bonchev–Trinajstić information content (AvgIpc) is 3.50. The number of aromatic nitrogens is 2. The van der Waals surface area contributed by atoms with Gasteiger partial charge in [-0.05, 0) is 33.6 Å². The molecular formula is C35H47N7O9. The molecule has 3 heterocycles. The molecule has 1 aromatic heterocycles. The quantitative estimate of drug-likeness (QED) is 0.203. The Bertz CT molecular complexity index is 1560. The Morgan fingerprint density at radius 2 is 1.69 bits per heavy atom. The van der Waals surface area contributed by atoms with Crippen molar-refractivity contribution in [2.45, 2.75) is 71.1 Å². The summed E-state index contributed by atoms with van der Waals surface area (Å²) in [6, 6.07) is 9.61. The largest absolute Gasteiger partial charge is 0.527 e. The molecule has 16 heteroatoms. The van der Waals surface area contributed by atoms with Gasteiger partial charge in [0, 0.05) is 62.1 Å². The van der Waals surface area contributed by atoms with Gasteiger partial charge in [-0.2, -0.15) is 0 Å². The van der Waals surface area contributed by atoms with E-state index < -0.39 is 41.7 Å². The highest BCUT2D eigenvalue weighted by Crippen LogP contribution is 2.46. The number of aliphatic carboxylic acids is 1. The number of carboxylic acid groups (broad SMARTS) is 1. The van der Waals surface area contributed by atoms with Crippen LogP contribution in [0.3, 0.4) is 0 Å². The van der Waals surface area contributed by atoms with Crippen LogP contribution >= 0.6 is 0 Å². The number of piperidine rings is 1. The Hall–Kier alpha value is -4.99. The van der Waals surface area contributed by atoms with E-state index >= 15 is 0 Å². The van der Waals surface area contributed by atoms with Crippen LogP contribution in [0.15, 0.2) is 36.4 Å². The van der Waals surface area contributed by atoms with E-state index in [0.29, 0.717) is 30.3 Å². The van der Waals surface area contributed by atoms with Crippen LogP contribution in [0.25, 0.3) is 11.4 Å². The van der Waals surface area contributed by atoms with Gasteiger partial charge in [0.05, 0.1) is 19.7 Å². The van der Waals surface area contributed by atoms with Gasteiger partial charge in [0.1, 0.15) is 23.2 Å². The molecule has 0 bridgehead atoms. The summed E-state index contributed by atoms with van der Waals surface area (Å²) in [5.74, 6) is -0.971. The van der Waals surface area contributed by atoms with E-state index in [2.05, 4.69) is 15.6 Å². The maximum Gasteiger partial charge on any atom is 0.527 e. The first kappa shape index (κ1) is 37.3. The predicted molar refractivity (Wildman–Crippen MR) is 183 cm³/mol. The number of hydroxylamine groups is 2. The van der Waals surface area contributed by atoms with Crippen LogP contribution in [0.5, 0.6) is 0 Å². The number of hydrogen-bond acceptors (Lipinski definition) is 12. The van der Waals surface area contributed by atoms with Crippen molar-refractivity contribution in [2.24, 2.45) is 11.8 Å². The Morgan fingerprint density at radius 3 is 2.31 bits per heavy atom. The second kappa shape index (κ2) is 16.4. The summed E-state index contributed by atoms with van der Waals surface area (Å²) in [6.07, 6.45) is -0.146. The lowest BCUT2D eigenvalue weighted by atomic mass is 10.1. The second-order valence-electron chi connectivity index (χ2n) is 14.0. The third-order valence-electron chi connectivity index (χ3n) is 8.90. The summed E-state index contributed by atoms with van der Waals surface area (Å²) >= 11 is 0. The number of anilines is 1. The van der Waals surface area contributed by atoms with E-state index in [1.807, 2.05) is 62.9 Å². The van der Waals surface area contributed by atoms with Gasteiger partial charge < -0.3 is 39.9 Å². The Kier molecular flexibility index (Phi) is 12.0. The zero-order chi connectivity index (χ0) is 36.7. The van der Waals surface area contributed by atoms with Crippen molar-refractivity contribution in [3.63, 3.8) is 0 Å². The number of rotatable bonds is 13. The summed E-state index contributed by atoms with van der Waals surface area (Å²) in [5.41, 5.74) is 0.114. The molecule has 1 unspecified atom stereocenters. The van der Waals surface area contributed by atoms with E-state index in [0.717, 1.165) is 12.8 Å². The minimum absolute atomic E-state index is 0.0108. The molecule has 2 aromatic rings. The SMILES string of the molecule is CCCCOC(=O)ON1CCN(C(=O)[C@H](CCC(=O)O)NC(=O)c2cc(N3C[C@@H]4C(NC(=O)OC(C)(C)C)[C@@H]4C3)nc(-c3ccccc3)n2)CC1. The molecule has 0 spiro atoms. The number of piperazine rings is 1. The van der Waals surface area contributed by atoms with Crippen LogP contribution in [0.1, 0.15) is 63.9 Å². The van der Waals surface area contributed by atoms with E-state index in [9.17, 15) is 29.1 Å². The van der Waals surface area contributed by atoms with E-state index in [1.54, 1.807) is 6.07 Å². The van der Waals surface area contributed by atoms with Crippen LogP contribution in [0, 0.1) is 11.8 Å². The molecule has 276 valence electrons. The Labute approximate surface area is 296 Å². The number of nitrogens with one attached hydrogen (secondary N) is 2. The lowest BCUT2D eigenvalue weighted by Crippen LogP contribution is -2.55. The normalized spacial score (nSPS) is 20.5. The highest BCUT2D eigenvalue weighted by atomic mass is 16.8. The van der Waals surface area contributed by atoms with Gasteiger partial charge in [0.15, 0.2) is 5.82 Å². The molecule has 2 aliphatic heterocycles. The number of benzene rings is 1. The molecular weight excluding hydrogens is 662 g/mol. The lowest BCUT2D eigenvalue weighted by molar-refractivity contribution is -0.158. The molecule has 1 saturated carbocycles. The Morgan fingerprint density at radius 1 is 1.00 bits per heavy atom. The van der Waals surface area contributed by atoms with Crippen LogP contribution in [0.2, 0.25) is 0 Å². The van der Waals surface area contributed by atoms with Gasteiger partial charge in [-0.3, -0.25) is 14.4 Å². The summed E-state index contributed by atoms with van der Waals surface area (Å²) < 4.78 is 10.4. The fourth-order valence-electron chi connectivity index (χ4n) is 6.21. The monoisotopic (exact) mass is 709 g/mol. The molecule has 16 nitrogen and oxygen atoms in total. The van der Waals surface area contributed by atoms with Crippen molar-refractivity contribution < 1.29 is 43.4 Å². The summed E-state index contributed by atoms with van der Waals surface area (Å²) in [7, 11) is 0. The predicted octanol–water partition coefficient (Wildman–Crippen LogP) is 3.08. The number of fused-ring (bicyclic) bond motifs is 1. The molecule has 3 N–H and O–H groups in total. The van der Waals surface area contributed by atoms with Crippen molar-refractivity contribution >= 4 is 35.9 Å². The van der Waals surface area contributed by atoms with E-state index in [4.69, 9.17) is 19.3 Å². The third kappa shape index (κ3) is 10.3. The minimum Gasteiger partial charge on any atom is -0.481 e. The number of carboxylic acids is 1. The van der Waals surface area contributed by atoms with Gasteiger partial charge in [-0.25, -0.2) is 19.6 Å². The van der Waals surface area contributed by atoms with Gasteiger partial charge >= 0.3 is 18.2 Å². The first-order valence-electron chi connectivity index (χ1n) is 17.4. The van der Waals surface area contributed by atoms with Gasteiger partial charge in [-0.1, -0.05) is 43.7 Å². The lowest BCUT2D eigenvalue weighted by Gasteiger charge is -2.35. The topological polar surface area (TPSA) is 193 Å². The standard InChI is InChI=1S/C35H47N7O9/c1-5-6-18-49-34(48)51-42-16-14-40(15-17-42)32(46)25(12-13-28(43)44)37-31(45)26-19-27(38-30(36-26)22-10-8-7-9-11-22)41-20-23-24(21-41)29(23)39-33(47)50-35(2,3)4/h7-11,19,23-25,29H,5-6,12-18,20-21H2,1-4H3,(H,37,45)(H,39,47)(H,43,44)/t23-,24+,25-,29?/m0/s1. The maximum atomic E-state index is 13.8. The molecule has 3 fully saturated rings. The second-order valence-corrected chi connectivity index (χ2v) is 14.0. The number of carbonyl (C=O) groups excluding carboxylic acids is 4. The highest BCUT2D eigenvalue weighted by molar-refractivity contribution is 5.97. The number of nitrogens with zero attached hydrogens (tertiary/aromatic N) is 5. The number of ether oxygens (including phenoxy) is 2. The van der Waals surface area contributed by atoms with Crippen molar-refractivity contribution in [2.75, 3.05) is 50.8 Å². The molecule has 3 amide bonds. The van der Waals surface area contributed by atoms with Crippen molar-refractivity contribution in [3.8, 4) is 11.4 Å². The van der Waals surface area contributed by atoms with E-state index in [1.165, 1.54) is 9.96 Å². The van der Waals surface area contributed by atoms with Crippen LogP contribution in [-0.4, -0.2) is 119 Å². The molecule has 3 aliphatic rings. The minimum atomic E-state index is -1.14.